The Bertz CT molecular complexity index is 1230. The molecule has 9 heteroatoms. The van der Waals surface area contributed by atoms with Gasteiger partial charge >= 0.3 is 0 Å². The predicted molar refractivity (Wildman–Crippen MR) is 123 cm³/mol. The molecule has 0 bridgehead atoms. The topological polar surface area (TPSA) is 72.7 Å². The highest BCUT2D eigenvalue weighted by Crippen LogP contribution is 2.53. The van der Waals surface area contributed by atoms with Crippen molar-refractivity contribution in [2.75, 3.05) is 11.5 Å². The fourth-order valence-electron chi connectivity index (χ4n) is 3.71. The first kappa shape index (κ1) is 20.6. The van der Waals surface area contributed by atoms with Crippen LogP contribution in [0.3, 0.4) is 0 Å². The molecular weight excluding hydrogens is 440 g/mol. The van der Waals surface area contributed by atoms with Gasteiger partial charge in [0, 0.05) is 28.8 Å². The Balaban J connectivity index is 1.93. The van der Waals surface area contributed by atoms with E-state index in [1.165, 1.54) is 28.5 Å². The summed E-state index contributed by atoms with van der Waals surface area (Å²) in [4.78, 5) is 27.0. The highest BCUT2D eigenvalue weighted by atomic mass is 32.9. The van der Waals surface area contributed by atoms with Crippen LogP contribution in [-0.2, 0) is 5.54 Å². The number of carbonyl (C=O) groups is 1. The Hall–Kier alpha value is -2.62. The molecule has 30 heavy (non-hydrogen) atoms. The third kappa shape index (κ3) is 3.23. The standard InChI is InChI=1S/C21H18N2O4S3/c1-4-27-14-8-9-16-15(11-14)17-18(29-30-20(17)28)21(2,3)22(16)19(24)12-6-5-7-13(10-12)23(25)26/h5-11H,4H2,1-3H3. The minimum Gasteiger partial charge on any atom is -0.494 e. The van der Waals surface area contributed by atoms with E-state index in [4.69, 9.17) is 17.0 Å². The molecule has 0 saturated carbocycles. The first-order valence-corrected chi connectivity index (χ1v) is 11.8. The number of hydrogen-bond donors (Lipinski definition) is 0. The summed E-state index contributed by atoms with van der Waals surface area (Å²) in [6.07, 6.45) is 0. The number of carbonyl (C=O) groups excluding carboxylic acids is 1. The number of nitro groups is 1. The van der Waals surface area contributed by atoms with Gasteiger partial charge in [-0.3, -0.25) is 19.8 Å². The van der Waals surface area contributed by atoms with E-state index < -0.39 is 10.5 Å². The van der Waals surface area contributed by atoms with E-state index in [-0.39, 0.29) is 17.2 Å². The molecule has 154 valence electrons. The summed E-state index contributed by atoms with van der Waals surface area (Å²) in [5.74, 6) is 0.402. The van der Waals surface area contributed by atoms with Crippen LogP contribution in [-0.4, -0.2) is 17.4 Å². The molecule has 2 heterocycles. The maximum Gasteiger partial charge on any atom is 0.270 e. The summed E-state index contributed by atoms with van der Waals surface area (Å²) >= 11 is 5.61. The zero-order valence-corrected chi connectivity index (χ0v) is 19.0. The second kappa shape index (κ2) is 7.57. The van der Waals surface area contributed by atoms with Gasteiger partial charge in [-0.05, 0) is 45.0 Å². The molecule has 0 spiro atoms. The van der Waals surface area contributed by atoms with Crippen molar-refractivity contribution in [3.8, 4) is 16.9 Å². The second-order valence-electron chi connectivity index (χ2n) is 7.28. The van der Waals surface area contributed by atoms with E-state index in [0.717, 1.165) is 19.8 Å². The first-order chi connectivity index (χ1) is 14.3. The lowest BCUT2D eigenvalue weighted by Gasteiger charge is -2.43. The number of fused-ring (bicyclic) bond motifs is 3. The Morgan fingerprint density at radius 3 is 2.70 bits per heavy atom. The predicted octanol–water partition coefficient (Wildman–Crippen LogP) is 6.41. The van der Waals surface area contributed by atoms with Crippen molar-refractivity contribution in [1.82, 2.24) is 0 Å². The molecule has 1 aliphatic rings. The van der Waals surface area contributed by atoms with Crippen LogP contribution in [0.15, 0.2) is 42.5 Å². The van der Waals surface area contributed by atoms with Crippen LogP contribution in [0.1, 0.15) is 36.0 Å². The molecular formula is C21H18N2O4S3. The van der Waals surface area contributed by atoms with Gasteiger partial charge in [0.15, 0.2) is 0 Å². The SMILES string of the molecule is CCOc1ccc2c(c1)-c1c(ssc1=S)C(C)(C)N2C(=O)c1cccc([N+](=O)[O-])c1. The third-order valence-corrected chi connectivity index (χ3v) is 8.37. The Kier molecular flexibility index (Phi) is 5.21. The maximum absolute atomic E-state index is 13.6. The molecule has 1 aromatic heterocycles. The average molecular weight is 459 g/mol. The Morgan fingerprint density at radius 2 is 2.00 bits per heavy atom. The fourth-order valence-corrected chi connectivity index (χ4v) is 6.99. The second-order valence-corrected chi connectivity index (χ2v) is 10.1. The number of ether oxygens (including phenoxy) is 1. The van der Waals surface area contributed by atoms with Gasteiger partial charge < -0.3 is 4.74 Å². The number of nitrogens with zero attached hydrogens (tertiary/aromatic N) is 2. The van der Waals surface area contributed by atoms with E-state index in [9.17, 15) is 14.9 Å². The van der Waals surface area contributed by atoms with Crippen LogP contribution in [0.4, 0.5) is 11.4 Å². The van der Waals surface area contributed by atoms with E-state index in [1.807, 2.05) is 39.0 Å². The number of amides is 1. The minimum absolute atomic E-state index is 0.116. The average Bonchev–Trinajstić information content (AvgIpc) is 3.11. The molecule has 6 nitrogen and oxygen atoms in total. The Morgan fingerprint density at radius 1 is 1.23 bits per heavy atom. The largest absolute Gasteiger partial charge is 0.494 e. The number of hydrogen-bond acceptors (Lipinski definition) is 7. The van der Waals surface area contributed by atoms with E-state index in [1.54, 1.807) is 21.3 Å². The summed E-state index contributed by atoms with van der Waals surface area (Å²) in [7, 11) is 3.07. The van der Waals surface area contributed by atoms with Crippen LogP contribution in [0.5, 0.6) is 5.75 Å². The summed E-state index contributed by atoms with van der Waals surface area (Å²) in [6, 6.07) is 11.4. The lowest BCUT2D eigenvalue weighted by molar-refractivity contribution is -0.384. The van der Waals surface area contributed by atoms with Gasteiger partial charge in [-0.2, -0.15) is 0 Å². The summed E-state index contributed by atoms with van der Waals surface area (Å²) in [6.45, 7) is 6.38. The van der Waals surface area contributed by atoms with E-state index >= 15 is 0 Å². The van der Waals surface area contributed by atoms with E-state index in [0.29, 0.717) is 18.0 Å². The summed E-state index contributed by atoms with van der Waals surface area (Å²) in [5, 5.41) is 11.2. The van der Waals surface area contributed by atoms with Crippen molar-refractivity contribution >= 4 is 50.2 Å². The molecule has 0 aliphatic carbocycles. The van der Waals surface area contributed by atoms with Gasteiger partial charge in [0.2, 0.25) is 0 Å². The third-order valence-electron chi connectivity index (χ3n) is 5.04. The van der Waals surface area contributed by atoms with Gasteiger partial charge in [0.1, 0.15) is 9.57 Å². The van der Waals surface area contributed by atoms with Crippen LogP contribution in [0.25, 0.3) is 11.1 Å². The number of anilines is 1. The fraction of sp³-hybridized carbons (Fsp3) is 0.238. The zero-order valence-electron chi connectivity index (χ0n) is 16.5. The molecule has 1 aliphatic heterocycles. The Labute approximate surface area is 185 Å². The number of non-ortho nitro benzene ring substituents is 1. The molecule has 0 atom stereocenters. The van der Waals surface area contributed by atoms with Crippen LogP contribution >= 0.6 is 32.9 Å². The maximum atomic E-state index is 13.6. The smallest absolute Gasteiger partial charge is 0.270 e. The molecule has 1 amide bonds. The molecule has 0 radical (unpaired) electrons. The van der Waals surface area contributed by atoms with Gasteiger partial charge in [0.25, 0.3) is 11.6 Å². The molecule has 4 rings (SSSR count). The van der Waals surface area contributed by atoms with E-state index in [2.05, 4.69) is 0 Å². The van der Waals surface area contributed by atoms with Gasteiger partial charge in [-0.1, -0.05) is 39.0 Å². The normalized spacial score (nSPS) is 14.0. The molecule has 0 unspecified atom stereocenters. The van der Waals surface area contributed by atoms with Crippen LogP contribution in [0.2, 0.25) is 0 Å². The van der Waals surface area contributed by atoms with Crippen molar-refractivity contribution in [3.05, 3.63) is 66.8 Å². The van der Waals surface area contributed by atoms with Crippen LogP contribution < -0.4 is 9.64 Å². The monoisotopic (exact) mass is 458 g/mol. The highest BCUT2D eigenvalue weighted by Gasteiger charge is 2.43. The first-order valence-electron chi connectivity index (χ1n) is 9.25. The minimum atomic E-state index is -0.671. The van der Waals surface area contributed by atoms with Gasteiger partial charge in [0.05, 0.1) is 27.6 Å². The van der Waals surface area contributed by atoms with Crippen molar-refractivity contribution in [2.45, 2.75) is 26.3 Å². The zero-order chi connectivity index (χ0) is 21.6. The lowest BCUT2D eigenvalue weighted by atomic mass is 9.86. The molecule has 2 aromatic carbocycles. The summed E-state index contributed by atoms with van der Waals surface area (Å²) in [5.41, 5.74) is 1.99. The number of nitro benzene ring substituents is 1. The molecule has 0 N–H and O–H groups in total. The lowest BCUT2D eigenvalue weighted by Crippen LogP contribution is -2.47. The number of rotatable bonds is 4. The molecule has 3 aromatic rings. The summed E-state index contributed by atoms with van der Waals surface area (Å²) < 4.78 is 6.45. The number of benzene rings is 2. The molecule has 0 saturated heterocycles. The quantitative estimate of drug-likeness (QED) is 0.195. The van der Waals surface area contributed by atoms with Crippen LogP contribution in [0, 0.1) is 13.9 Å². The van der Waals surface area contributed by atoms with Crippen molar-refractivity contribution in [2.24, 2.45) is 0 Å². The highest BCUT2D eigenvalue weighted by molar-refractivity contribution is 7.80. The van der Waals surface area contributed by atoms with Crippen molar-refractivity contribution < 1.29 is 14.5 Å². The molecule has 0 fully saturated rings. The van der Waals surface area contributed by atoms with Gasteiger partial charge in [-0.25, -0.2) is 0 Å². The van der Waals surface area contributed by atoms with Crippen molar-refractivity contribution in [3.63, 3.8) is 0 Å². The van der Waals surface area contributed by atoms with Crippen molar-refractivity contribution in [1.29, 1.82) is 0 Å². The van der Waals surface area contributed by atoms with Gasteiger partial charge in [-0.15, -0.1) is 0 Å².